The van der Waals surface area contributed by atoms with E-state index in [4.69, 9.17) is 4.74 Å². The van der Waals surface area contributed by atoms with Gasteiger partial charge in [0.15, 0.2) is 11.5 Å². The highest BCUT2D eigenvalue weighted by atomic mass is 16.5. The topological polar surface area (TPSA) is 66.8 Å². The van der Waals surface area contributed by atoms with E-state index in [9.17, 15) is 15.0 Å². The maximum atomic E-state index is 12.0. The average molecular weight is 322 g/mol. The van der Waals surface area contributed by atoms with Crippen molar-refractivity contribution in [1.29, 1.82) is 0 Å². The number of phenolic OH excluding ortho intramolecular Hbond substituents is 1. The summed E-state index contributed by atoms with van der Waals surface area (Å²) < 4.78 is 5.35. The maximum Gasteiger partial charge on any atom is 0.163 e. The predicted octanol–water partition coefficient (Wildman–Crippen LogP) is 3.65. The van der Waals surface area contributed by atoms with Crippen LogP contribution in [0, 0.1) is 5.92 Å². The molecule has 0 aliphatic rings. The predicted molar refractivity (Wildman–Crippen MR) is 92.1 cm³/mol. The van der Waals surface area contributed by atoms with Crippen LogP contribution < -0.4 is 4.74 Å². The fraction of sp³-hybridized carbons (Fsp3) is 0.632. The molecule has 4 nitrogen and oxygen atoms in total. The Bertz CT molecular complexity index is 508. The van der Waals surface area contributed by atoms with E-state index in [1.165, 1.54) is 0 Å². The van der Waals surface area contributed by atoms with E-state index in [0.29, 0.717) is 30.9 Å². The molecule has 0 amide bonds. The zero-order valence-corrected chi connectivity index (χ0v) is 14.8. The molecule has 130 valence electrons. The molecule has 23 heavy (non-hydrogen) atoms. The Morgan fingerprint density at radius 2 is 2.00 bits per heavy atom. The minimum Gasteiger partial charge on any atom is -0.504 e. The number of aliphatic hydroxyl groups is 1. The van der Waals surface area contributed by atoms with Crippen molar-refractivity contribution in [1.82, 2.24) is 0 Å². The minimum atomic E-state index is -0.531. The van der Waals surface area contributed by atoms with Gasteiger partial charge in [0, 0.05) is 18.4 Å². The van der Waals surface area contributed by atoms with Gasteiger partial charge in [-0.25, -0.2) is 0 Å². The van der Waals surface area contributed by atoms with Crippen LogP contribution in [-0.4, -0.2) is 29.2 Å². The molecule has 1 rings (SSSR count). The number of phenols is 1. The number of ether oxygens (including phenoxy) is 1. The molecule has 0 bridgehead atoms. The number of methoxy groups -OCH3 is 1. The third-order valence-electron chi connectivity index (χ3n) is 3.91. The molecule has 0 radical (unpaired) electrons. The lowest BCUT2D eigenvalue weighted by atomic mass is 9.93. The third-order valence-corrected chi connectivity index (χ3v) is 3.91. The number of hydrogen-bond acceptors (Lipinski definition) is 4. The van der Waals surface area contributed by atoms with E-state index >= 15 is 0 Å². The van der Waals surface area contributed by atoms with Crippen molar-refractivity contribution in [2.24, 2.45) is 5.92 Å². The Hall–Kier alpha value is -1.55. The highest BCUT2D eigenvalue weighted by molar-refractivity contribution is 5.79. The second-order valence-corrected chi connectivity index (χ2v) is 6.54. The van der Waals surface area contributed by atoms with E-state index in [-0.39, 0.29) is 18.0 Å². The summed E-state index contributed by atoms with van der Waals surface area (Å²) in [6, 6.07) is 3.49. The molecule has 0 aliphatic heterocycles. The van der Waals surface area contributed by atoms with Crippen LogP contribution in [0.4, 0.5) is 0 Å². The van der Waals surface area contributed by atoms with E-state index in [2.05, 4.69) is 13.8 Å². The molecule has 0 heterocycles. The SMILES string of the molecule is CCC[C@@H](O)CC(=O)CCc1ccc(O)c(OC)c1CC(C)C. The molecule has 1 atom stereocenters. The highest BCUT2D eigenvalue weighted by Gasteiger charge is 2.17. The summed E-state index contributed by atoms with van der Waals surface area (Å²) in [7, 11) is 1.55. The molecule has 0 unspecified atom stereocenters. The quantitative estimate of drug-likeness (QED) is 0.690. The van der Waals surface area contributed by atoms with Crippen LogP contribution in [0.2, 0.25) is 0 Å². The zero-order valence-electron chi connectivity index (χ0n) is 14.8. The second-order valence-electron chi connectivity index (χ2n) is 6.54. The van der Waals surface area contributed by atoms with Gasteiger partial charge in [-0.05, 0) is 36.8 Å². The van der Waals surface area contributed by atoms with Crippen LogP contribution in [0.1, 0.15) is 57.6 Å². The number of carbonyl (C=O) groups is 1. The Balaban J connectivity index is 2.81. The molecule has 1 aromatic carbocycles. The molecule has 0 saturated carbocycles. The number of Topliss-reactive ketones (excluding diaryl/α,β-unsaturated/α-hetero) is 1. The standard InChI is InChI=1S/C19H30O4/c1-5-6-15(20)12-16(21)9-7-14-8-10-18(22)19(23-4)17(14)11-13(2)3/h8,10,13,15,20,22H,5-7,9,11-12H2,1-4H3/t15-/m1/s1. The molecule has 0 aliphatic carbocycles. The number of aryl methyl sites for hydroxylation is 1. The van der Waals surface area contributed by atoms with Gasteiger partial charge in [0.2, 0.25) is 0 Å². The normalized spacial score (nSPS) is 12.4. The Morgan fingerprint density at radius 1 is 1.30 bits per heavy atom. The van der Waals surface area contributed by atoms with Crippen molar-refractivity contribution >= 4 is 5.78 Å². The van der Waals surface area contributed by atoms with Crippen molar-refractivity contribution < 1.29 is 19.7 Å². The Morgan fingerprint density at radius 3 is 2.57 bits per heavy atom. The summed E-state index contributed by atoms with van der Waals surface area (Å²) in [5.41, 5.74) is 2.01. The number of aliphatic hydroxyl groups excluding tert-OH is 1. The first-order chi connectivity index (χ1) is 10.9. The fourth-order valence-corrected chi connectivity index (χ4v) is 2.82. The van der Waals surface area contributed by atoms with Gasteiger partial charge in [-0.3, -0.25) is 4.79 Å². The van der Waals surface area contributed by atoms with Gasteiger partial charge >= 0.3 is 0 Å². The van der Waals surface area contributed by atoms with Crippen LogP contribution in [0.5, 0.6) is 11.5 Å². The Labute approximate surface area is 139 Å². The van der Waals surface area contributed by atoms with E-state index in [1.807, 2.05) is 13.0 Å². The van der Waals surface area contributed by atoms with E-state index in [0.717, 1.165) is 24.0 Å². The number of hydrogen-bond donors (Lipinski definition) is 2. The summed E-state index contributed by atoms with van der Waals surface area (Å²) in [6.07, 6.45) is 3.04. The van der Waals surface area contributed by atoms with Crippen molar-refractivity contribution in [3.63, 3.8) is 0 Å². The zero-order chi connectivity index (χ0) is 17.4. The van der Waals surface area contributed by atoms with Gasteiger partial charge < -0.3 is 14.9 Å². The van der Waals surface area contributed by atoms with E-state index < -0.39 is 6.10 Å². The number of ketones is 1. The van der Waals surface area contributed by atoms with Crippen molar-refractivity contribution in [2.45, 2.75) is 65.4 Å². The van der Waals surface area contributed by atoms with Gasteiger partial charge in [-0.1, -0.05) is 33.3 Å². The minimum absolute atomic E-state index is 0.0773. The average Bonchev–Trinajstić information content (AvgIpc) is 2.46. The first kappa shape index (κ1) is 19.5. The lowest BCUT2D eigenvalue weighted by molar-refractivity contribution is -0.121. The van der Waals surface area contributed by atoms with Gasteiger partial charge in [0.1, 0.15) is 5.78 Å². The molecule has 0 spiro atoms. The number of benzene rings is 1. The lowest BCUT2D eigenvalue weighted by Crippen LogP contribution is -2.14. The number of aromatic hydroxyl groups is 1. The monoisotopic (exact) mass is 322 g/mol. The van der Waals surface area contributed by atoms with Crippen molar-refractivity contribution in [3.8, 4) is 11.5 Å². The van der Waals surface area contributed by atoms with Crippen LogP contribution in [0.3, 0.4) is 0 Å². The molecule has 0 fully saturated rings. The first-order valence-electron chi connectivity index (χ1n) is 8.46. The van der Waals surface area contributed by atoms with Gasteiger partial charge in [-0.2, -0.15) is 0 Å². The van der Waals surface area contributed by atoms with Crippen molar-refractivity contribution in [3.05, 3.63) is 23.3 Å². The highest BCUT2D eigenvalue weighted by Crippen LogP contribution is 2.34. The van der Waals surface area contributed by atoms with Crippen LogP contribution >= 0.6 is 0 Å². The summed E-state index contributed by atoms with van der Waals surface area (Å²) in [5, 5.41) is 19.7. The fourth-order valence-electron chi connectivity index (χ4n) is 2.82. The second kappa shape index (κ2) is 9.56. The lowest BCUT2D eigenvalue weighted by Gasteiger charge is -2.17. The molecule has 0 aromatic heterocycles. The Kier molecular flexibility index (Phi) is 8.10. The first-order valence-corrected chi connectivity index (χ1v) is 8.46. The van der Waals surface area contributed by atoms with E-state index in [1.54, 1.807) is 13.2 Å². The largest absolute Gasteiger partial charge is 0.504 e. The van der Waals surface area contributed by atoms with Gasteiger partial charge in [-0.15, -0.1) is 0 Å². The van der Waals surface area contributed by atoms with Gasteiger partial charge in [0.25, 0.3) is 0 Å². The third kappa shape index (κ3) is 6.22. The van der Waals surface area contributed by atoms with Gasteiger partial charge in [0.05, 0.1) is 13.2 Å². The maximum absolute atomic E-state index is 12.0. The molecule has 0 saturated heterocycles. The molecular formula is C19H30O4. The van der Waals surface area contributed by atoms with Crippen LogP contribution in [-0.2, 0) is 17.6 Å². The molecule has 1 aromatic rings. The summed E-state index contributed by atoms with van der Waals surface area (Å²) in [4.78, 5) is 12.0. The summed E-state index contributed by atoms with van der Waals surface area (Å²) in [5.74, 6) is 1.14. The summed E-state index contributed by atoms with van der Waals surface area (Å²) >= 11 is 0. The smallest absolute Gasteiger partial charge is 0.163 e. The van der Waals surface area contributed by atoms with Crippen molar-refractivity contribution in [2.75, 3.05) is 7.11 Å². The molecule has 4 heteroatoms. The number of rotatable bonds is 10. The molecule has 2 N–H and O–H groups in total. The van der Waals surface area contributed by atoms with Crippen LogP contribution in [0.15, 0.2) is 12.1 Å². The number of carbonyl (C=O) groups excluding carboxylic acids is 1. The van der Waals surface area contributed by atoms with Crippen LogP contribution in [0.25, 0.3) is 0 Å². The molecular weight excluding hydrogens is 292 g/mol. The summed E-state index contributed by atoms with van der Waals surface area (Å²) in [6.45, 7) is 6.22.